The molecule has 6 nitrogen and oxygen atoms in total. The Labute approximate surface area is 137 Å². The van der Waals surface area contributed by atoms with Crippen LogP contribution in [0.1, 0.15) is 22.5 Å². The van der Waals surface area contributed by atoms with Crippen LogP contribution in [-0.2, 0) is 0 Å². The molecule has 7 heteroatoms. The Bertz CT molecular complexity index is 834. The first-order chi connectivity index (χ1) is 11.3. The second-order valence-corrected chi connectivity index (χ2v) is 6.44. The van der Waals surface area contributed by atoms with Gasteiger partial charge in [-0.3, -0.25) is 10.2 Å². The van der Waals surface area contributed by atoms with Crippen molar-refractivity contribution in [1.29, 1.82) is 0 Å². The highest BCUT2D eigenvalue weighted by Gasteiger charge is 2.19. The molecule has 0 unspecified atom stereocenters. The van der Waals surface area contributed by atoms with Crippen LogP contribution >= 0.6 is 11.3 Å². The third kappa shape index (κ3) is 2.80. The summed E-state index contributed by atoms with van der Waals surface area (Å²) in [5.74, 6) is -0.0521. The van der Waals surface area contributed by atoms with E-state index in [1.165, 1.54) is 11.3 Å². The van der Waals surface area contributed by atoms with Crippen LogP contribution in [0.15, 0.2) is 36.0 Å². The van der Waals surface area contributed by atoms with Gasteiger partial charge < -0.3 is 10.3 Å². The van der Waals surface area contributed by atoms with Crippen molar-refractivity contribution in [3.05, 3.63) is 40.8 Å². The summed E-state index contributed by atoms with van der Waals surface area (Å²) < 4.78 is 0. The van der Waals surface area contributed by atoms with E-state index >= 15 is 0 Å². The normalized spacial score (nSPS) is 15.1. The van der Waals surface area contributed by atoms with Gasteiger partial charge in [-0.25, -0.2) is 9.99 Å². The molecule has 118 valence electrons. The Hall–Kier alpha value is -2.38. The molecule has 0 aliphatic carbocycles. The first kappa shape index (κ1) is 14.2. The largest absolute Gasteiger partial charge is 0.354 e. The van der Waals surface area contributed by atoms with Crippen LogP contribution in [0.5, 0.6) is 0 Å². The van der Waals surface area contributed by atoms with E-state index in [4.69, 9.17) is 0 Å². The van der Waals surface area contributed by atoms with Gasteiger partial charge in [0.05, 0.1) is 11.4 Å². The predicted octanol–water partition coefficient (Wildman–Crippen LogP) is 3.11. The van der Waals surface area contributed by atoms with E-state index in [0.717, 1.165) is 48.3 Å². The first-order valence-corrected chi connectivity index (χ1v) is 8.52. The summed E-state index contributed by atoms with van der Waals surface area (Å²) in [6.45, 7) is 1.85. The van der Waals surface area contributed by atoms with Gasteiger partial charge in [0, 0.05) is 30.9 Å². The minimum atomic E-state index is -0.0521. The third-order valence-electron chi connectivity index (χ3n) is 3.97. The van der Waals surface area contributed by atoms with E-state index in [1.54, 1.807) is 6.20 Å². The highest BCUT2D eigenvalue weighted by molar-refractivity contribution is 7.12. The minimum absolute atomic E-state index is 0.0521. The highest BCUT2D eigenvalue weighted by atomic mass is 32.1. The fraction of sp³-hybridized carbons (Fsp3) is 0.250. The number of carbonyl (C=O) groups excluding carboxylic acids is 1. The van der Waals surface area contributed by atoms with Crippen LogP contribution in [0, 0.1) is 0 Å². The molecule has 4 heterocycles. The topological polar surface area (TPSA) is 73.1 Å². The summed E-state index contributed by atoms with van der Waals surface area (Å²) in [6.07, 6.45) is 5.88. The van der Waals surface area contributed by atoms with Gasteiger partial charge in [-0.2, -0.15) is 0 Å². The van der Waals surface area contributed by atoms with Crippen LogP contribution < -0.4 is 10.7 Å². The summed E-state index contributed by atoms with van der Waals surface area (Å²) >= 11 is 1.44. The number of aromatic amines is 1. The number of hydrogen-bond acceptors (Lipinski definition) is 5. The predicted molar refractivity (Wildman–Crippen MR) is 92.0 cm³/mol. The number of fused-ring (bicyclic) bond motifs is 1. The highest BCUT2D eigenvalue weighted by Crippen LogP contribution is 2.29. The van der Waals surface area contributed by atoms with Crippen molar-refractivity contribution in [2.24, 2.45) is 0 Å². The summed E-state index contributed by atoms with van der Waals surface area (Å²) in [7, 11) is 0. The number of aromatic nitrogens is 2. The fourth-order valence-electron chi connectivity index (χ4n) is 2.82. The molecule has 0 bridgehead atoms. The molecular formula is C16H17N5OS. The second kappa shape index (κ2) is 6.02. The number of carbonyl (C=O) groups is 1. The van der Waals surface area contributed by atoms with E-state index in [2.05, 4.69) is 20.7 Å². The van der Waals surface area contributed by atoms with E-state index in [9.17, 15) is 4.79 Å². The molecule has 1 aliphatic heterocycles. The maximum absolute atomic E-state index is 12.5. The smallest absolute Gasteiger partial charge is 0.277 e. The van der Waals surface area contributed by atoms with Gasteiger partial charge >= 0.3 is 0 Å². The van der Waals surface area contributed by atoms with Crippen molar-refractivity contribution in [3.63, 3.8) is 0 Å². The molecule has 1 aliphatic rings. The quantitative estimate of drug-likeness (QED) is 0.688. The average molecular weight is 327 g/mol. The van der Waals surface area contributed by atoms with Gasteiger partial charge in [-0.05, 0) is 36.4 Å². The Balaban J connectivity index is 1.57. The van der Waals surface area contributed by atoms with Crippen molar-refractivity contribution in [3.8, 4) is 0 Å². The molecule has 3 N–H and O–H groups in total. The Morgan fingerprint density at radius 1 is 1.22 bits per heavy atom. The zero-order valence-electron chi connectivity index (χ0n) is 12.5. The summed E-state index contributed by atoms with van der Waals surface area (Å²) in [6, 6.07) is 5.82. The average Bonchev–Trinajstić information content (AvgIpc) is 3.28. The number of nitrogens with zero attached hydrogens (tertiary/aromatic N) is 2. The molecule has 23 heavy (non-hydrogen) atoms. The first-order valence-electron chi connectivity index (χ1n) is 7.64. The Morgan fingerprint density at radius 2 is 2.09 bits per heavy atom. The number of amides is 1. The molecule has 0 radical (unpaired) electrons. The van der Waals surface area contributed by atoms with Crippen LogP contribution in [-0.4, -0.2) is 34.0 Å². The lowest BCUT2D eigenvalue weighted by Gasteiger charge is -2.16. The molecular weight excluding hydrogens is 310 g/mol. The van der Waals surface area contributed by atoms with E-state index in [0.29, 0.717) is 4.88 Å². The maximum atomic E-state index is 12.5. The van der Waals surface area contributed by atoms with Crippen LogP contribution in [0.4, 0.5) is 11.4 Å². The number of rotatable bonds is 4. The fourth-order valence-corrected chi connectivity index (χ4v) is 3.56. The summed E-state index contributed by atoms with van der Waals surface area (Å²) in [4.78, 5) is 20.5. The molecule has 1 fully saturated rings. The number of thiophene rings is 1. The van der Waals surface area contributed by atoms with Crippen LogP contribution in [0.2, 0.25) is 0 Å². The molecule has 0 aromatic carbocycles. The zero-order valence-corrected chi connectivity index (χ0v) is 13.3. The summed E-state index contributed by atoms with van der Waals surface area (Å²) in [5.41, 5.74) is 5.57. The van der Waals surface area contributed by atoms with Crippen molar-refractivity contribution in [2.45, 2.75) is 12.8 Å². The van der Waals surface area contributed by atoms with E-state index in [1.807, 2.05) is 34.8 Å². The number of hydrogen-bond donors (Lipinski definition) is 3. The number of pyridine rings is 1. The Morgan fingerprint density at radius 3 is 2.96 bits per heavy atom. The Kier molecular flexibility index (Phi) is 3.72. The van der Waals surface area contributed by atoms with Gasteiger partial charge in [-0.1, -0.05) is 0 Å². The lowest BCUT2D eigenvalue weighted by Crippen LogP contribution is -2.39. The molecule has 0 spiro atoms. The number of hydrazine groups is 1. The second-order valence-electron chi connectivity index (χ2n) is 5.52. The molecule has 0 saturated carbocycles. The van der Waals surface area contributed by atoms with Gasteiger partial charge in [-0.15, -0.1) is 11.3 Å². The van der Waals surface area contributed by atoms with Crippen molar-refractivity contribution in [1.82, 2.24) is 20.4 Å². The van der Waals surface area contributed by atoms with E-state index in [-0.39, 0.29) is 5.91 Å². The van der Waals surface area contributed by atoms with Crippen molar-refractivity contribution >= 4 is 39.7 Å². The van der Waals surface area contributed by atoms with Gasteiger partial charge in [0.15, 0.2) is 0 Å². The third-order valence-corrected chi connectivity index (χ3v) is 4.88. The van der Waals surface area contributed by atoms with Crippen molar-refractivity contribution in [2.75, 3.05) is 18.4 Å². The van der Waals surface area contributed by atoms with Gasteiger partial charge in [0.1, 0.15) is 10.5 Å². The van der Waals surface area contributed by atoms with Gasteiger partial charge in [0.25, 0.3) is 5.91 Å². The zero-order chi connectivity index (χ0) is 15.6. The molecule has 0 atom stereocenters. The number of H-pyrrole nitrogens is 1. The standard InChI is InChI=1S/C16H17N5OS/c22-16(20-21-8-1-2-9-21)14-13(5-10-23-14)19-12-4-7-18-15-11(12)3-6-17-15/h3-7,10H,1-2,8-9H2,(H,20,22)(H2,17,18,19). The molecule has 1 amide bonds. The van der Waals surface area contributed by atoms with Gasteiger partial charge in [0.2, 0.25) is 0 Å². The van der Waals surface area contributed by atoms with E-state index < -0.39 is 0 Å². The minimum Gasteiger partial charge on any atom is -0.354 e. The van der Waals surface area contributed by atoms with Crippen LogP contribution in [0.3, 0.4) is 0 Å². The maximum Gasteiger partial charge on any atom is 0.277 e. The number of anilines is 2. The lowest BCUT2D eigenvalue weighted by molar-refractivity contribution is 0.0831. The van der Waals surface area contributed by atoms with Crippen molar-refractivity contribution < 1.29 is 4.79 Å². The molecule has 3 aromatic heterocycles. The molecule has 4 rings (SSSR count). The summed E-state index contributed by atoms with van der Waals surface area (Å²) in [5, 5.41) is 8.28. The lowest BCUT2D eigenvalue weighted by atomic mass is 10.2. The molecule has 1 saturated heterocycles. The number of nitrogens with one attached hydrogen (secondary N) is 3. The van der Waals surface area contributed by atoms with Crippen LogP contribution in [0.25, 0.3) is 11.0 Å². The molecule has 3 aromatic rings. The monoisotopic (exact) mass is 327 g/mol. The SMILES string of the molecule is O=C(NN1CCCC1)c1sccc1Nc1ccnc2[nH]ccc12.